The first-order valence-corrected chi connectivity index (χ1v) is 9.53. The van der Waals surface area contributed by atoms with Gasteiger partial charge in [-0.3, -0.25) is 4.79 Å². The van der Waals surface area contributed by atoms with Gasteiger partial charge in [0.1, 0.15) is 17.0 Å². The summed E-state index contributed by atoms with van der Waals surface area (Å²) >= 11 is 0. The first-order chi connectivity index (χ1) is 14.5. The Hall–Kier alpha value is -3.72. The molecule has 0 saturated heterocycles. The Morgan fingerprint density at radius 3 is 2.87 bits per heavy atom. The lowest BCUT2D eigenvalue weighted by molar-refractivity contribution is 0.0901. The van der Waals surface area contributed by atoms with E-state index in [-0.39, 0.29) is 17.6 Å². The fourth-order valence-electron chi connectivity index (χ4n) is 3.31. The molecule has 0 spiro atoms. The molecule has 9 heteroatoms. The van der Waals surface area contributed by atoms with Crippen LogP contribution in [0.4, 0.5) is 5.82 Å². The molecule has 4 aromatic rings. The Morgan fingerprint density at radius 2 is 2.13 bits per heavy atom. The second-order valence-electron chi connectivity index (χ2n) is 7.11. The molecule has 0 aliphatic heterocycles. The summed E-state index contributed by atoms with van der Waals surface area (Å²) in [6.07, 6.45) is 5.53. The molecule has 0 aliphatic rings. The number of methoxy groups -OCH3 is 1. The van der Waals surface area contributed by atoms with Crippen molar-refractivity contribution in [3.8, 4) is 22.6 Å². The minimum atomic E-state index is -0.399. The Bertz CT molecular complexity index is 1200. The molecule has 1 amide bonds. The van der Waals surface area contributed by atoms with Crippen molar-refractivity contribution in [2.45, 2.75) is 19.9 Å². The van der Waals surface area contributed by atoms with Crippen LogP contribution in [0, 0.1) is 6.92 Å². The standard InChI is InChI=1S/C21H23N7O2/c1-12(11-30-3)25-21(29)19-20(22)27-18(15-5-4-8-23-15)17(26-19)14-6-7-16-24-9-13(2)28(16)10-14/h4-10,12,23H,11H2,1-3H3,(H2,22,27)(H,25,29)/t12-/m0/s1. The van der Waals surface area contributed by atoms with Gasteiger partial charge in [0, 0.05) is 43.0 Å². The van der Waals surface area contributed by atoms with Gasteiger partial charge in [-0.05, 0) is 38.1 Å². The number of pyridine rings is 1. The summed E-state index contributed by atoms with van der Waals surface area (Å²) in [7, 11) is 1.58. The van der Waals surface area contributed by atoms with Crippen LogP contribution < -0.4 is 11.1 Å². The zero-order chi connectivity index (χ0) is 21.3. The Labute approximate surface area is 173 Å². The second kappa shape index (κ2) is 7.96. The highest BCUT2D eigenvalue weighted by molar-refractivity contribution is 5.98. The third kappa shape index (κ3) is 3.62. The molecular formula is C21H23N7O2. The summed E-state index contributed by atoms with van der Waals surface area (Å²) in [6, 6.07) is 7.37. The van der Waals surface area contributed by atoms with Crippen molar-refractivity contribution in [3.05, 3.63) is 54.2 Å². The van der Waals surface area contributed by atoms with Crippen molar-refractivity contribution in [2.75, 3.05) is 19.5 Å². The van der Waals surface area contributed by atoms with Gasteiger partial charge in [0.15, 0.2) is 11.5 Å². The van der Waals surface area contributed by atoms with Crippen molar-refractivity contribution in [2.24, 2.45) is 0 Å². The van der Waals surface area contributed by atoms with Crippen molar-refractivity contribution in [1.29, 1.82) is 0 Å². The number of amides is 1. The van der Waals surface area contributed by atoms with Gasteiger partial charge in [0.2, 0.25) is 0 Å². The van der Waals surface area contributed by atoms with Crippen molar-refractivity contribution >= 4 is 17.4 Å². The summed E-state index contributed by atoms with van der Waals surface area (Å²) in [5.74, 6) is -0.339. The molecule has 4 N–H and O–H groups in total. The zero-order valence-corrected chi connectivity index (χ0v) is 17.0. The number of aromatic nitrogens is 5. The molecule has 0 saturated carbocycles. The average molecular weight is 405 g/mol. The fourth-order valence-corrected chi connectivity index (χ4v) is 3.31. The predicted molar refractivity (Wildman–Crippen MR) is 114 cm³/mol. The molecule has 0 radical (unpaired) electrons. The number of fused-ring (bicyclic) bond motifs is 1. The summed E-state index contributed by atoms with van der Waals surface area (Å²) < 4.78 is 7.05. The lowest BCUT2D eigenvalue weighted by Gasteiger charge is -2.15. The molecule has 4 heterocycles. The van der Waals surface area contributed by atoms with E-state index < -0.39 is 5.91 Å². The highest BCUT2D eigenvalue weighted by Gasteiger charge is 2.21. The maximum Gasteiger partial charge on any atom is 0.274 e. The normalized spacial score (nSPS) is 12.2. The van der Waals surface area contributed by atoms with Crippen LogP contribution in [0.2, 0.25) is 0 Å². The number of anilines is 1. The number of nitrogens with one attached hydrogen (secondary N) is 2. The van der Waals surface area contributed by atoms with E-state index in [2.05, 4.69) is 25.3 Å². The summed E-state index contributed by atoms with van der Waals surface area (Å²) in [6.45, 7) is 4.19. The molecule has 4 aromatic heterocycles. The van der Waals surface area contributed by atoms with Crippen LogP contribution in [-0.2, 0) is 4.74 Å². The lowest BCUT2D eigenvalue weighted by atomic mass is 10.1. The molecule has 0 aliphatic carbocycles. The maximum absolute atomic E-state index is 12.8. The monoisotopic (exact) mass is 405 g/mol. The first kappa shape index (κ1) is 19.6. The zero-order valence-electron chi connectivity index (χ0n) is 17.0. The summed E-state index contributed by atoms with van der Waals surface area (Å²) in [5.41, 5.74) is 10.7. The van der Waals surface area contributed by atoms with E-state index in [0.29, 0.717) is 18.0 Å². The highest BCUT2D eigenvalue weighted by Crippen LogP contribution is 2.30. The number of aryl methyl sites for hydroxylation is 1. The number of hydrogen-bond donors (Lipinski definition) is 3. The van der Waals surface area contributed by atoms with E-state index in [9.17, 15) is 4.79 Å². The van der Waals surface area contributed by atoms with Gasteiger partial charge in [-0.25, -0.2) is 15.0 Å². The molecule has 0 fully saturated rings. The molecule has 4 rings (SSSR count). The van der Waals surface area contributed by atoms with Crippen molar-refractivity contribution < 1.29 is 9.53 Å². The smallest absolute Gasteiger partial charge is 0.274 e. The van der Waals surface area contributed by atoms with Crippen LogP contribution in [0.3, 0.4) is 0 Å². The predicted octanol–water partition coefficient (Wildman–Crippen LogP) is 2.44. The van der Waals surface area contributed by atoms with E-state index >= 15 is 0 Å². The number of hydrogen-bond acceptors (Lipinski definition) is 6. The Morgan fingerprint density at radius 1 is 1.30 bits per heavy atom. The Kier molecular flexibility index (Phi) is 5.20. The molecular weight excluding hydrogens is 382 g/mol. The second-order valence-corrected chi connectivity index (χ2v) is 7.11. The van der Waals surface area contributed by atoms with Crippen molar-refractivity contribution in [3.63, 3.8) is 0 Å². The minimum absolute atomic E-state index is 0.0605. The number of ether oxygens (including phenoxy) is 1. The van der Waals surface area contributed by atoms with Gasteiger partial charge < -0.3 is 25.2 Å². The minimum Gasteiger partial charge on any atom is -0.383 e. The van der Waals surface area contributed by atoms with E-state index in [4.69, 9.17) is 10.5 Å². The fraction of sp³-hybridized carbons (Fsp3) is 0.238. The molecule has 0 aromatic carbocycles. The van der Waals surface area contributed by atoms with Crippen LogP contribution in [-0.4, -0.2) is 50.0 Å². The van der Waals surface area contributed by atoms with E-state index in [1.54, 1.807) is 19.5 Å². The van der Waals surface area contributed by atoms with E-state index in [1.807, 2.05) is 48.7 Å². The van der Waals surface area contributed by atoms with Gasteiger partial charge in [0.25, 0.3) is 5.91 Å². The van der Waals surface area contributed by atoms with Crippen LogP contribution in [0.1, 0.15) is 23.1 Å². The van der Waals surface area contributed by atoms with Gasteiger partial charge in [0.05, 0.1) is 12.3 Å². The number of carbonyl (C=O) groups is 1. The number of imidazole rings is 1. The average Bonchev–Trinajstić information content (AvgIpc) is 3.38. The molecule has 0 unspecified atom stereocenters. The topological polar surface area (TPSA) is 123 Å². The molecule has 0 bridgehead atoms. The summed E-state index contributed by atoms with van der Waals surface area (Å²) in [4.78, 5) is 29.4. The molecule has 30 heavy (non-hydrogen) atoms. The highest BCUT2D eigenvalue weighted by atomic mass is 16.5. The van der Waals surface area contributed by atoms with Gasteiger partial charge >= 0.3 is 0 Å². The van der Waals surface area contributed by atoms with Crippen LogP contribution in [0.25, 0.3) is 28.3 Å². The third-order valence-corrected chi connectivity index (χ3v) is 4.75. The van der Waals surface area contributed by atoms with Crippen molar-refractivity contribution in [1.82, 2.24) is 29.7 Å². The number of aromatic amines is 1. The van der Waals surface area contributed by atoms with Crippen LogP contribution in [0.15, 0.2) is 42.9 Å². The molecule has 1 atom stereocenters. The number of nitrogens with zero attached hydrogens (tertiary/aromatic N) is 4. The van der Waals surface area contributed by atoms with Crippen LogP contribution >= 0.6 is 0 Å². The number of carbonyl (C=O) groups excluding carboxylic acids is 1. The number of H-pyrrole nitrogens is 1. The number of nitrogen functional groups attached to an aromatic ring is 1. The van der Waals surface area contributed by atoms with Crippen LogP contribution in [0.5, 0.6) is 0 Å². The van der Waals surface area contributed by atoms with E-state index in [0.717, 1.165) is 22.6 Å². The number of rotatable bonds is 6. The Balaban J connectivity index is 1.85. The van der Waals surface area contributed by atoms with Gasteiger partial charge in [-0.2, -0.15) is 0 Å². The number of nitrogens with two attached hydrogens (primary N) is 1. The molecule has 154 valence electrons. The SMILES string of the molecule is COC[C@H](C)NC(=O)c1nc(-c2ccc3ncc(C)n3c2)c(-c2ccc[nH]2)nc1N. The quantitative estimate of drug-likeness (QED) is 0.453. The third-order valence-electron chi connectivity index (χ3n) is 4.75. The maximum atomic E-state index is 12.8. The van der Waals surface area contributed by atoms with Gasteiger partial charge in [-0.1, -0.05) is 0 Å². The van der Waals surface area contributed by atoms with E-state index in [1.165, 1.54) is 0 Å². The lowest BCUT2D eigenvalue weighted by Crippen LogP contribution is -2.36. The molecule has 9 nitrogen and oxygen atoms in total. The van der Waals surface area contributed by atoms with Gasteiger partial charge in [-0.15, -0.1) is 0 Å². The largest absolute Gasteiger partial charge is 0.383 e. The summed E-state index contributed by atoms with van der Waals surface area (Å²) in [5, 5.41) is 2.84. The first-order valence-electron chi connectivity index (χ1n) is 9.53.